The van der Waals surface area contributed by atoms with Gasteiger partial charge in [0.1, 0.15) is 5.75 Å². The monoisotopic (exact) mass is 200 g/mol. The molecule has 15 heavy (non-hydrogen) atoms. The lowest BCUT2D eigenvalue weighted by Crippen LogP contribution is -1.89. The lowest BCUT2D eigenvalue weighted by atomic mass is 10.2. The van der Waals surface area contributed by atoms with E-state index in [2.05, 4.69) is 16.9 Å². The standard InChI is InChI=1S/C12H12N2O/c1-2-10-5-6-12(14-8-10)15-11-4-3-7-13-9-11/h3-9H,2H2,1H3. The van der Waals surface area contributed by atoms with Crippen LogP contribution in [0.4, 0.5) is 0 Å². The van der Waals surface area contributed by atoms with Crippen LogP contribution in [0.15, 0.2) is 42.9 Å². The van der Waals surface area contributed by atoms with Crippen molar-refractivity contribution < 1.29 is 4.74 Å². The number of nitrogens with zero attached hydrogens (tertiary/aromatic N) is 2. The molecular weight excluding hydrogens is 188 g/mol. The van der Waals surface area contributed by atoms with Gasteiger partial charge in [0.25, 0.3) is 0 Å². The second-order valence-electron chi connectivity index (χ2n) is 3.15. The summed E-state index contributed by atoms with van der Waals surface area (Å²) < 4.78 is 5.50. The summed E-state index contributed by atoms with van der Waals surface area (Å²) in [6.45, 7) is 2.10. The molecule has 0 saturated carbocycles. The Morgan fingerprint density at radius 3 is 2.73 bits per heavy atom. The summed E-state index contributed by atoms with van der Waals surface area (Å²) in [5.74, 6) is 1.30. The normalized spacial score (nSPS) is 9.93. The molecule has 0 spiro atoms. The minimum atomic E-state index is 0.597. The Bertz CT molecular complexity index is 411. The maximum Gasteiger partial charge on any atom is 0.219 e. The third-order valence-electron chi connectivity index (χ3n) is 2.06. The number of aromatic nitrogens is 2. The van der Waals surface area contributed by atoms with Crippen molar-refractivity contribution in [1.82, 2.24) is 9.97 Å². The molecule has 0 aliphatic heterocycles. The molecule has 2 heterocycles. The smallest absolute Gasteiger partial charge is 0.219 e. The lowest BCUT2D eigenvalue weighted by molar-refractivity contribution is 0.460. The average molecular weight is 200 g/mol. The van der Waals surface area contributed by atoms with Gasteiger partial charge in [-0.3, -0.25) is 4.98 Å². The average Bonchev–Trinajstić information content (AvgIpc) is 2.31. The second-order valence-corrected chi connectivity index (χ2v) is 3.15. The molecule has 0 atom stereocenters. The molecule has 0 radical (unpaired) electrons. The van der Waals surface area contributed by atoms with Crippen molar-refractivity contribution in [3.63, 3.8) is 0 Å². The summed E-state index contributed by atoms with van der Waals surface area (Å²) in [4.78, 5) is 8.16. The van der Waals surface area contributed by atoms with Crippen LogP contribution in [0.25, 0.3) is 0 Å². The number of pyridine rings is 2. The first-order valence-electron chi connectivity index (χ1n) is 4.91. The fourth-order valence-electron chi connectivity index (χ4n) is 1.21. The number of aryl methyl sites for hydroxylation is 1. The zero-order valence-electron chi connectivity index (χ0n) is 8.55. The minimum Gasteiger partial charge on any atom is -0.437 e. The largest absolute Gasteiger partial charge is 0.437 e. The lowest BCUT2D eigenvalue weighted by Gasteiger charge is -2.03. The summed E-state index contributed by atoms with van der Waals surface area (Å²) in [7, 11) is 0. The van der Waals surface area contributed by atoms with Gasteiger partial charge in [0.05, 0.1) is 6.20 Å². The highest BCUT2D eigenvalue weighted by Gasteiger charge is 1.97. The first-order valence-corrected chi connectivity index (χ1v) is 4.91. The second kappa shape index (κ2) is 4.55. The van der Waals surface area contributed by atoms with Crippen molar-refractivity contribution in [2.75, 3.05) is 0 Å². The van der Waals surface area contributed by atoms with Gasteiger partial charge in [0.2, 0.25) is 5.88 Å². The maximum absolute atomic E-state index is 5.50. The van der Waals surface area contributed by atoms with Gasteiger partial charge in [-0.1, -0.05) is 13.0 Å². The van der Waals surface area contributed by atoms with E-state index >= 15 is 0 Å². The van der Waals surface area contributed by atoms with Crippen LogP contribution in [0.5, 0.6) is 11.6 Å². The van der Waals surface area contributed by atoms with E-state index in [9.17, 15) is 0 Å². The molecule has 2 aromatic heterocycles. The van der Waals surface area contributed by atoms with E-state index < -0.39 is 0 Å². The minimum absolute atomic E-state index is 0.597. The summed E-state index contributed by atoms with van der Waals surface area (Å²) in [6, 6.07) is 7.56. The van der Waals surface area contributed by atoms with Crippen LogP contribution < -0.4 is 4.74 Å². The SMILES string of the molecule is CCc1ccc(Oc2cccnc2)nc1. The summed E-state index contributed by atoms with van der Waals surface area (Å²) >= 11 is 0. The van der Waals surface area contributed by atoms with E-state index in [1.54, 1.807) is 12.4 Å². The predicted molar refractivity (Wildman–Crippen MR) is 57.9 cm³/mol. The van der Waals surface area contributed by atoms with Crippen molar-refractivity contribution in [3.05, 3.63) is 48.4 Å². The van der Waals surface area contributed by atoms with Crippen LogP contribution >= 0.6 is 0 Å². The molecule has 0 amide bonds. The van der Waals surface area contributed by atoms with Gasteiger partial charge in [-0.15, -0.1) is 0 Å². The van der Waals surface area contributed by atoms with Crippen LogP contribution in [0.1, 0.15) is 12.5 Å². The molecule has 0 aromatic carbocycles. The van der Waals surface area contributed by atoms with Crippen molar-refractivity contribution in [3.8, 4) is 11.6 Å². The summed E-state index contributed by atoms with van der Waals surface area (Å²) in [5, 5.41) is 0. The molecule has 0 unspecified atom stereocenters. The van der Waals surface area contributed by atoms with E-state index in [0.717, 1.165) is 6.42 Å². The quantitative estimate of drug-likeness (QED) is 0.764. The molecule has 3 nitrogen and oxygen atoms in total. The molecule has 0 aliphatic rings. The van der Waals surface area contributed by atoms with Crippen LogP contribution in [0.2, 0.25) is 0 Å². The van der Waals surface area contributed by atoms with Crippen LogP contribution in [-0.4, -0.2) is 9.97 Å². The fourth-order valence-corrected chi connectivity index (χ4v) is 1.21. The molecule has 0 N–H and O–H groups in total. The summed E-state index contributed by atoms with van der Waals surface area (Å²) in [6.07, 6.45) is 6.18. The third-order valence-corrected chi connectivity index (χ3v) is 2.06. The van der Waals surface area contributed by atoms with Crippen molar-refractivity contribution in [2.24, 2.45) is 0 Å². The molecule has 0 fully saturated rings. The van der Waals surface area contributed by atoms with E-state index in [1.807, 2.05) is 30.5 Å². The topological polar surface area (TPSA) is 35.0 Å². The highest BCUT2D eigenvalue weighted by atomic mass is 16.5. The first-order chi connectivity index (χ1) is 7.38. The molecule has 0 bridgehead atoms. The van der Waals surface area contributed by atoms with Crippen LogP contribution in [0, 0.1) is 0 Å². The Morgan fingerprint density at radius 1 is 1.20 bits per heavy atom. The van der Waals surface area contributed by atoms with E-state index in [4.69, 9.17) is 4.74 Å². The van der Waals surface area contributed by atoms with Gasteiger partial charge in [-0.2, -0.15) is 0 Å². The van der Waals surface area contributed by atoms with Crippen LogP contribution in [0.3, 0.4) is 0 Å². The van der Waals surface area contributed by atoms with E-state index in [0.29, 0.717) is 11.6 Å². The zero-order valence-corrected chi connectivity index (χ0v) is 8.55. The molecule has 0 saturated heterocycles. The Balaban J connectivity index is 2.11. The predicted octanol–water partition coefficient (Wildman–Crippen LogP) is 2.83. The highest BCUT2D eigenvalue weighted by Crippen LogP contribution is 2.17. The van der Waals surface area contributed by atoms with Gasteiger partial charge < -0.3 is 4.74 Å². The van der Waals surface area contributed by atoms with E-state index in [-0.39, 0.29) is 0 Å². The molecule has 0 aliphatic carbocycles. The van der Waals surface area contributed by atoms with Crippen molar-refractivity contribution in [2.45, 2.75) is 13.3 Å². The fraction of sp³-hybridized carbons (Fsp3) is 0.167. The summed E-state index contributed by atoms with van der Waals surface area (Å²) in [5.41, 5.74) is 1.20. The number of hydrogen-bond acceptors (Lipinski definition) is 3. The Kier molecular flexibility index (Phi) is 2.93. The van der Waals surface area contributed by atoms with E-state index in [1.165, 1.54) is 5.56 Å². The van der Waals surface area contributed by atoms with Crippen LogP contribution in [-0.2, 0) is 6.42 Å². The van der Waals surface area contributed by atoms with Gasteiger partial charge >= 0.3 is 0 Å². The maximum atomic E-state index is 5.50. The molecule has 2 aromatic rings. The molecule has 2 rings (SSSR count). The molecule has 3 heteroatoms. The molecule has 76 valence electrons. The first kappa shape index (κ1) is 9.65. The number of rotatable bonds is 3. The third kappa shape index (κ3) is 2.53. The number of hydrogen-bond donors (Lipinski definition) is 0. The highest BCUT2D eigenvalue weighted by molar-refractivity contribution is 5.24. The van der Waals surface area contributed by atoms with Crippen molar-refractivity contribution >= 4 is 0 Å². The molecular formula is C12H12N2O. The van der Waals surface area contributed by atoms with Gasteiger partial charge in [0, 0.05) is 18.5 Å². The van der Waals surface area contributed by atoms with Gasteiger partial charge in [0.15, 0.2) is 0 Å². The van der Waals surface area contributed by atoms with Gasteiger partial charge in [-0.25, -0.2) is 4.98 Å². The Hall–Kier alpha value is -1.90. The number of ether oxygens (including phenoxy) is 1. The van der Waals surface area contributed by atoms with Gasteiger partial charge in [-0.05, 0) is 24.1 Å². The Morgan fingerprint density at radius 2 is 2.13 bits per heavy atom. The Labute approximate surface area is 88.8 Å². The van der Waals surface area contributed by atoms with Crippen molar-refractivity contribution in [1.29, 1.82) is 0 Å². The zero-order chi connectivity index (χ0) is 10.5.